The summed E-state index contributed by atoms with van der Waals surface area (Å²) in [5, 5.41) is 3.83. The third-order valence-corrected chi connectivity index (χ3v) is 4.60. The molecule has 1 aliphatic heterocycles. The Kier molecular flexibility index (Phi) is 5.34. The van der Waals surface area contributed by atoms with Crippen molar-refractivity contribution in [2.45, 2.75) is 13.1 Å². The van der Waals surface area contributed by atoms with Gasteiger partial charge in [0.2, 0.25) is 6.79 Å². The maximum atomic E-state index is 12.2. The summed E-state index contributed by atoms with van der Waals surface area (Å²) < 4.78 is 23.6. The van der Waals surface area contributed by atoms with Crippen molar-refractivity contribution in [1.82, 2.24) is 9.88 Å². The molecule has 0 spiro atoms. The number of hydrogen-bond donors (Lipinski definition) is 1. The SMILES string of the molecule is COCCn1ccc2c(OCC(=O)NCc3ccc4c(c3)OCO4)cccc21. The minimum absolute atomic E-state index is 0.0487. The first-order chi connectivity index (χ1) is 13.7. The van der Waals surface area contributed by atoms with Crippen LogP contribution in [0.15, 0.2) is 48.7 Å². The van der Waals surface area contributed by atoms with Gasteiger partial charge < -0.3 is 28.8 Å². The van der Waals surface area contributed by atoms with Crippen LogP contribution in [-0.2, 0) is 22.6 Å². The van der Waals surface area contributed by atoms with Crippen LogP contribution in [0.3, 0.4) is 0 Å². The number of ether oxygens (including phenoxy) is 4. The van der Waals surface area contributed by atoms with Crippen molar-refractivity contribution in [2.75, 3.05) is 27.1 Å². The maximum Gasteiger partial charge on any atom is 0.258 e. The van der Waals surface area contributed by atoms with E-state index in [1.807, 2.05) is 48.7 Å². The van der Waals surface area contributed by atoms with Crippen LogP contribution in [0.1, 0.15) is 5.56 Å². The van der Waals surface area contributed by atoms with Gasteiger partial charge in [-0.25, -0.2) is 0 Å². The van der Waals surface area contributed by atoms with Gasteiger partial charge in [-0.2, -0.15) is 0 Å². The molecule has 2 heterocycles. The van der Waals surface area contributed by atoms with Crippen molar-refractivity contribution < 1.29 is 23.7 Å². The average molecular weight is 382 g/mol. The van der Waals surface area contributed by atoms with E-state index in [1.165, 1.54) is 0 Å². The molecule has 0 aliphatic carbocycles. The van der Waals surface area contributed by atoms with E-state index in [4.69, 9.17) is 18.9 Å². The summed E-state index contributed by atoms with van der Waals surface area (Å²) >= 11 is 0. The van der Waals surface area contributed by atoms with Gasteiger partial charge in [-0.1, -0.05) is 12.1 Å². The lowest BCUT2D eigenvalue weighted by molar-refractivity contribution is -0.123. The van der Waals surface area contributed by atoms with E-state index in [-0.39, 0.29) is 19.3 Å². The predicted octanol–water partition coefficient (Wildman–Crippen LogP) is 2.71. The quantitative estimate of drug-likeness (QED) is 0.649. The van der Waals surface area contributed by atoms with Crippen LogP contribution < -0.4 is 19.5 Å². The van der Waals surface area contributed by atoms with E-state index >= 15 is 0 Å². The zero-order chi connectivity index (χ0) is 19.3. The number of nitrogens with one attached hydrogen (secondary N) is 1. The average Bonchev–Trinajstić information content (AvgIpc) is 3.35. The normalized spacial score (nSPS) is 12.3. The Hall–Kier alpha value is -3.19. The number of hydrogen-bond acceptors (Lipinski definition) is 5. The van der Waals surface area contributed by atoms with Gasteiger partial charge >= 0.3 is 0 Å². The number of carbonyl (C=O) groups is 1. The van der Waals surface area contributed by atoms with Crippen LogP contribution in [0.4, 0.5) is 0 Å². The first kappa shape index (κ1) is 18.2. The molecule has 1 aliphatic rings. The summed E-state index contributed by atoms with van der Waals surface area (Å²) in [5.74, 6) is 1.93. The molecule has 0 bridgehead atoms. The number of methoxy groups -OCH3 is 1. The Morgan fingerprint density at radius 1 is 1.18 bits per heavy atom. The Labute approximate surface area is 162 Å². The lowest BCUT2D eigenvalue weighted by atomic mass is 10.2. The molecule has 4 rings (SSSR count). The van der Waals surface area contributed by atoms with Crippen LogP contribution in [-0.4, -0.2) is 37.6 Å². The first-order valence-electron chi connectivity index (χ1n) is 9.09. The van der Waals surface area contributed by atoms with Gasteiger partial charge in [0, 0.05) is 31.8 Å². The predicted molar refractivity (Wildman–Crippen MR) is 104 cm³/mol. The summed E-state index contributed by atoms with van der Waals surface area (Å²) in [7, 11) is 1.68. The number of amides is 1. The molecular formula is C21H22N2O5. The Bertz CT molecular complexity index is 982. The van der Waals surface area contributed by atoms with E-state index in [9.17, 15) is 4.79 Å². The maximum absolute atomic E-state index is 12.2. The third-order valence-electron chi connectivity index (χ3n) is 4.60. The number of fused-ring (bicyclic) bond motifs is 2. The molecule has 0 unspecified atom stereocenters. The van der Waals surface area contributed by atoms with Gasteiger partial charge in [0.05, 0.1) is 12.1 Å². The van der Waals surface area contributed by atoms with Crippen molar-refractivity contribution in [3.8, 4) is 17.2 Å². The zero-order valence-corrected chi connectivity index (χ0v) is 15.6. The van der Waals surface area contributed by atoms with Crippen LogP contribution >= 0.6 is 0 Å². The summed E-state index contributed by atoms with van der Waals surface area (Å²) in [6, 6.07) is 13.4. The van der Waals surface area contributed by atoms with Gasteiger partial charge in [0.15, 0.2) is 18.1 Å². The third kappa shape index (κ3) is 3.89. The van der Waals surface area contributed by atoms with Crippen LogP contribution in [0, 0.1) is 0 Å². The summed E-state index contributed by atoms with van der Waals surface area (Å²) in [6.07, 6.45) is 2.00. The monoisotopic (exact) mass is 382 g/mol. The highest BCUT2D eigenvalue weighted by Crippen LogP contribution is 2.32. The van der Waals surface area contributed by atoms with E-state index in [0.717, 1.165) is 28.8 Å². The summed E-state index contributed by atoms with van der Waals surface area (Å²) in [4.78, 5) is 12.2. The second kappa shape index (κ2) is 8.22. The smallest absolute Gasteiger partial charge is 0.258 e. The second-order valence-electron chi connectivity index (χ2n) is 6.44. The number of rotatable bonds is 8. The minimum atomic E-state index is -0.187. The largest absolute Gasteiger partial charge is 0.483 e. The fourth-order valence-corrected chi connectivity index (χ4v) is 3.15. The number of carbonyl (C=O) groups excluding carboxylic acids is 1. The van der Waals surface area contributed by atoms with Crippen LogP contribution in [0.5, 0.6) is 17.2 Å². The minimum Gasteiger partial charge on any atom is -0.483 e. The molecule has 1 aromatic heterocycles. The molecular weight excluding hydrogens is 360 g/mol. The number of aromatic nitrogens is 1. The summed E-state index contributed by atoms with van der Waals surface area (Å²) in [6.45, 7) is 1.98. The van der Waals surface area contributed by atoms with Gasteiger partial charge in [-0.15, -0.1) is 0 Å². The van der Waals surface area contributed by atoms with E-state index in [0.29, 0.717) is 24.7 Å². The van der Waals surface area contributed by atoms with Crippen LogP contribution in [0.2, 0.25) is 0 Å². The van der Waals surface area contributed by atoms with Crippen molar-refractivity contribution in [3.63, 3.8) is 0 Å². The van der Waals surface area contributed by atoms with Crippen LogP contribution in [0.25, 0.3) is 10.9 Å². The Balaban J connectivity index is 1.34. The van der Waals surface area contributed by atoms with Gasteiger partial charge in [0.1, 0.15) is 5.75 Å². The van der Waals surface area contributed by atoms with Crippen molar-refractivity contribution >= 4 is 16.8 Å². The lowest BCUT2D eigenvalue weighted by Gasteiger charge is -2.10. The molecule has 7 heteroatoms. The molecule has 0 radical (unpaired) electrons. The number of nitrogens with zero attached hydrogens (tertiary/aromatic N) is 1. The molecule has 0 saturated heterocycles. The molecule has 1 amide bonds. The van der Waals surface area contributed by atoms with Gasteiger partial charge in [-0.05, 0) is 35.9 Å². The lowest BCUT2D eigenvalue weighted by Crippen LogP contribution is -2.28. The highest BCUT2D eigenvalue weighted by molar-refractivity contribution is 5.87. The van der Waals surface area contributed by atoms with Crippen molar-refractivity contribution in [1.29, 1.82) is 0 Å². The van der Waals surface area contributed by atoms with Gasteiger partial charge in [0.25, 0.3) is 5.91 Å². The fourth-order valence-electron chi connectivity index (χ4n) is 3.15. The Morgan fingerprint density at radius 2 is 2.07 bits per heavy atom. The topological polar surface area (TPSA) is 71.0 Å². The van der Waals surface area contributed by atoms with E-state index in [1.54, 1.807) is 7.11 Å². The summed E-state index contributed by atoms with van der Waals surface area (Å²) in [5.41, 5.74) is 1.99. The van der Waals surface area contributed by atoms with E-state index in [2.05, 4.69) is 9.88 Å². The van der Waals surface area contributed by atoms with Gasteiger partial charge in [-0.3, -0.25) is 4.79 Å². The zero-order valence-electron chi connectivity index (χ0n) is 15.6. The molecule has 0 fully saturated rings. The molecule has 1 N–H and O–H groups in total. The Morgan fingerprint density at radius 3 is 2.96 bits per heavy atom. The first-order valence-corrected chi connectivity index (χ1v) is 9.09. The molecule has 7 nitrogen and oxygen atoms in total. The van der Waals surface area contributed by atoms with Crippen molar-refractivity contribution in [2.24, 2.45) is 0 Å². The highest BCUT2D eigenvalue weighted by atomic mass is 16.7. The molecule has 3 aromatic rings. The molecule has 0 saturated carbocycles. The molecule has 0 atom stereocenters. The molecule has 146 valence electrons. The van der Waals surface area contributed by atoms with Crippen molar-refractivity contribution in [3.05, 3.63) is 54.2 Å². The van der Waals surface area contributed by atoms with E-state index < -0.39 is 0 Å². The highest BCUT2D eigenvalue weighted by Gasteiger charge is 2.14. The number of benzene rings is 2. The molecule has 2 aromatic carbocycles. The fraction of sp³-hybridized carbons (Fsp3) is 0.286. The standard InChI is InChI=1S/C21H22N2O5/c1-25-10-9-23-8-7-16-17(23)3-2-4-18(16)26-13-21(24)22-12-15-5-6-19-20(11-15)28-14-27-19/h2-8,11H,9-10,12-14H2,1H3,(H,22,24). The molecule has 28 heavy (non-hydrogen) atoms. The second-order valence-corrected chi connectivity index (χ2v) is 6.44.